The van der Waals surface area contributed by atoms with Gasteiger partial charge in [0.05, 0.1) is 11.1 Å². The maximum atomic E-state index is 12.5. The van der Waals surface area contributed by atoms with Crippen molar-refractivity contribution in [2.75, 3.05) is 0 Å². The van der Waals surface area contributed by atoms with Crippen LogP contribution in [0.4, 0.5) is 0 Å². The second kappa shape index (κ2) is 6.66. The molecular formula is C18H22N2O5. The Kier molecular flexibility index (Phi) is 4.97. The van der Waals surface area contributed by atoms with Crippen molar-refractivity contribution < 1.29 is 24.3 Å². The summed E-state index contributed by atoms with van der Waals surface area (Å²) in [6.07, 6.45) is 0.149. The number of nitrogens with one attached hydrogen (secondary N) is 1. The van der Waals surface area contributed by atoms with Crippen molar-refractivity contribution in [3.63, 3.8) is 0 Å². The number of rotatable bonds is 6. The molecule has 1 aromatic carbocycles. The molecular weight excluding hydrogens is 324 g/mol. The molecule has 1 aromatic rings. The first kappa shape index (κ1) is 18.6. The minimum atomic E-state index is -0.989. The number of carbonyl (C=O) groups excluding carboxylic acids is 3. The second-order valence-corrected chi connectivity index (χ2v) is 6.97. The first-order valence-corrected chi connectivity index (χ1v) is 8.06. The fourth-order valence-corrected chi connectivity index (χ4v) is 2.76. The number of carboxylic acid groups (broad SMARTS) is 1. The highest BCUT2D eigenvalue weighted by molar-refractivity contribution is 6.22. The highest BCUT2D eigenvalue weighted by Crippen LogP contribution is 2.26. The minimum Gasteiger partial charge on any atom is -0.481 e. The van der Waals surface area contributed by atoms with E-state index in [2.05, 4.69) is 5.32 Å². The number of aliphatic carboxylic acids is 1. The summed E-state index contributed by atoms with van der Waals surface area (Å²) in [5, 5.41) is 11.5. The van der Waals surface area contributed by atoms with Crippen LogP contribution in [0.1, 0.15) is 59.9 Å². The van der Waals surface area contributed by atoms with Crippen molar-refractivity contribution in [3.05, 3.63) is 34.9 Å². The lowest BCUT2D eigenvalue weighted by atomic mass is 9.98. The Bertz CT molecular complexity index is 754. The van der Waals surface area contributed by atoms with Crippen LogP contribution in [-0.4, -0.2) is 45.3 Å². The zero-order valence-electron chi connectivity index (χ0n) is 14.8. The molecule has 1 heterocycles. The van der Waals surface area contributed by atoms with Gasteiger partial charge in [-0.05, 0) is 46.2 Å². The fourth-order valence-electron chi connectivity index (χ4n) is 2.76. The summed E-state index contributed by atoms with van der Waals surface area (Å²) in [6, 6.07) is 3.98. The Morgan fingerprint density at radius 3 is 2.40 bits per heavy atom. The lowest BCUT2D eigenvalue weighted by Crippen LogP contribution is -2.53. The van der Waals surface area contributed by atoms with Crippen molar-refractivity contribution in [1.29, 1.82) is 0 Å². The van der Waals surface area contributed by atoms with Crippen molar-refractivity contribution in [1.82, 2.24) is 10.2 Å². The van der Waals surface area contributed by atoms with Crippen LogP contribution in [0.3, 0.4) is 0 Å². The Labute approximate surface area is 146 Å². The molecule has 0 radical (unpaired) electrons. The van der Waals surface area contributed by atoms with E-state index in [0.717, 1.165) is 10.5 Å². The molecule has 2 rings (SSSR count). The van der Waals surface area contributed by atoms with Crippen LogP contribution in [0.5, 0.6) is 0 Å². The zero-order valence-corrected chi connectivity index (χ0v) is 14.8. The second-order valence-electron chi connectivity index (χ2n) is 6.97. The molecule has 1 aliphatic heterocycles. The van der Waals surface area contributed by atoms with Gasteiger partial charge in [-0.2, -0.15) is 0 Å². The fraction of sp³-hybridized carbons (Fsp3) is 0.444. The molecule has 0 spiro atoms. The molecule has 134 valence electrons. The molecule has 25 heavy (non-hydrogen) atoms. The van der Waals surface area contributed by atoms with E-state index in [1.54, 1.807) is 32.0 Å². The van der Waals surface area contributed by atoms with Gasteiger partial charge in [-0.3, -0.25) is 24.1 Å². The van der Waals surface area contributed by atoms with Gasteiger partial charge in [0.2, 0.25) is 5.91 Å². The van der Waals surface area contributed by atoms with Gasteiger partial charge < -0.3 is 10.4 Å². The van der Waals surface area contributed by atoms with E-state index >= 15 is 0 Å². The molecule has 0 saturated carbocycles. The van der Waals surface area contributed by atoms with E-state index in [1.807, 2.05) is 6.92 Å². The van der Waals surface area contributed by atoms with Gasteiger partial charge in [0.1, 0.15) is 6.04 Å². The molecule has 0 saturated heterocycles. The van der Waals surface area contributed by atoms with Crippen LogP contribution in [-0.2, 0) is 9.59 Å². The van der Waals surface area contributed by atoms with Crippen molar-refractivity contribution in [2.45, 2.75) is 52.1 Å². The van der Waals surface area contributed by atoms with E-state index < -0.39 is 35.3 Å². The van der Waals surface area contributed by atoms with Crippen LogP contribution < -0.4 is 5.32 Å². The topological polar surface area (TPSA) is 104 Å². The van der Waals surface area contributed by atoms with Gasteiger partial charge in [-0.1, -0.05) is 11.6 Å². The Morgan fingerprint density at radius 2 is 1.80 bits per heavy atom. The summed E-state index contributed by atoms with van der Waals surface area (Å²) < 4.78 is 0. The van der Waals surface area contributed by atoms with Gasteiger partial charge in [-0.15, -0.1) is 0 Å². The normalized spacial score (nSPS) is 15.1. The van der Waals surface area contributed by atoms with E-state index in [1.165, 1.54) is 6.92 Å². The molecule has 7 heteroatoms. The van der Waals surface area contributed by atoms with E-state index in [-0.39, 0.29) is 12.8 Å². The van der Waals surface area contributed by atoms with Crippen molar-refractivity contribution in [2.24, 2.45) is 0 Å². The minimum absolute atomic E-state index is 0.0893. The molecule has 2 N–H and O–H groups in total. The van der Waals surface area contributed by atoms with Gasteiger partial charge >= 0.3 is 5.97 Å². The average Bonchev–Trinajstić information content (AvgIpc) is 2.75. The summed E-state index contributed by atoms with van der Waals surface area (Å²) in [4.78, 5) is 49.2. The van der Waals surface area contributed by atoms with Crippen LogP contribution in [0.2, 0.25) is 0 Å². The monoisotopic (exact) mass is 346 g/mol. The predicted molar refractivity (Wildman–Crippen MR) is 90.2 cm³/mol. The standard InChI is InChI=1S/C18H22N2O5/c1-10-5-6-12-13(9-10)17(25)20(16(12)24)11(2)15(23)19-18(3,4)8-7-14(21)22/h5-6,9,11H,7-8H2,1-4H3,(H,19,23)(H,21,22). The molecule has 1 aliphatic rings. The largest absolute Gasteiger partial charge is 0.481 e. The number of amides is 3. The quantitative estimate of drug-likeness (QED) is 0.764. The smallest absolute Gasteiger partial charge is 0.303 e. The Balaban J connectivity index is 2.14. The number of carbonyl (C=O) groups is 4. The van der Waals surface area contributed by atoms with E-state index in [0.29, 0.717) is 11.1 Å². The van der Waals surface area contributed by atoms with Crippen LogP contribution in [0.25, 0.3) is 0 Å². The molecule has 1 atom stereocenters. The van der Waals surface area contributed by atoms with Crippen molar-refractivity contribution >= 4 is 23.7 Å². The maximum absolute atomic E-state index is 12.5. The number of hydrogen-bond donors (Lipinski definition) is 2. The predicted octanol–water partition coefficient (Wildman–Crippen LogP) is 1.74. The maximum Gasteiger partial charge on any atom is 0.303 e. The summed E-state index contributed by atoms with van der Waals surface area (Å²) >= 11 is 0. The van der Waals surface area contributed by atoms with Crippen LogP contribution in [0.15, 0.2) is 18.2 Å². The molecule has 1 unspecified atom stereocenters. The van der Waals surface area contributed by atoms with Crippen LogP contribution >= 0.6 is 0 Å². The van der Waals surface area contributed by atoms with Gasteiger partial charge in [0.25, 0.3) is 11.8 Å². The first-order chi connectivity index (χ1) is 11.5. The summed E-state index contributed by atoms with van der Waals surface area (Å²) in [7, 11) is 0. The van der Waals surface area contributed by atoms with Gasteiger partial charge in [-0.25, -0.2) is 0 Å². The number of hydrogen-bond acceptors (Lipinski definition) is 4. The molecule has 3 amide bonds. The molecule has 0 bridgehead atoms. The molecule has 0 fully saturated rings. The van der Waals surface area contributed by atoms with Gasteiger partial charge in [0, 0.05) is 12.0 Å². The summed E-state index contributed by atoms with van der Waals surface area (Å²) in [5.41, 5.74) is 0.683. The zero-order chi connectivity index (χ0) is 18.9. The number of nitrogens with zero attached hydrogens (tertiary/aromatic N) is 1. The van der Waals surface area contributed by atoms with Gasteiger partial charge in [0.15, 0.2) is 0 Å². The third-order valence-electron chi connectivity index (χ3n) is 4.27. The SMILES string of the molecule is Cc1ccc2c(c1)C(=O)N(C(C)C(=O)NC(C)(C)CCC(=O)O)C2=O. The number of carboxylic acids is 1. The molecule has 7 nitrogen and oxygen atoms in total. The number of imide groups is 1. The lowest BCUT2D eigenvalue weighted by molar-refractivity contribution is -0.138. The molecule has 0 aromatic heterocycles. The van der Waals surface area contributed by atoms with Crippen molar-refractivity contribution in [3.8, 4) is 0 Å². The van der Waals surface area contributed by atoms with E-state index in [9.17, 15) is 19.2 Å². The Hall–Kier alpha value is -2.70. The molecule has 0 aliphatic carbocycles. The first-order valence-electron chi connectivity index (χ1n) is 8.06. The van der Waals surface area contributed by atoms with Crippen LogP contribution in [0, 0.1) is 6.92 Å². The third-order valence-corrected chi connectivity index (χ3v) is 4.27. The third kappa shape index (κ3) is 3.87. The number of aryl methyl sites for hydroxylation is 1. The summed E-state index contributed by atoms with van der Waals surface area (Å²) in [6.45, 7) is 6.71. The highest BCUT2D eigenvalue weighted by Gasteiger charge is 2.41. The highest BCUT2D eigenvalue weighted by atomic mass is 16.4. The Morgan fingerprint density at radius 1 is 1.20 bits per heavy atom. The number of benzene rings is 1. The lowest BCUT2D eigenvalue weighted by Gasteiger charge is -2.29. The average molecular weight is 346 g/mol. The van der Waals surface area contributed by atoms with E-state index in [4.69, 9.17) is 5.11 Å². The summed E-state index contributed by atoms with van der Waals surface area (Å²) in [5.74, 6) is -2.44. The number of fused-ring (bicyclic) bond motifs is 1.